The molecule has 0 bridgehead atoms. The van der Waals surface area contributed by atoms with Crippen molar-refractivity contribution in [3.8, 4) is 0 Å². The maximum Gasteiger partial charge on any atom is 0.255 e. The van der Waals surface area contributed by atoms with Crippen LogP contribution in [0.3, 0.4) is 0 Å². The number of nitrogens with two attached hydrogens (primary N) is 1. The van der Waals surface area contributed by atoms with Gasteiger partial charge in [-0.05, 0) is 12.1 Å². The van der Waals surface area contributed by atoms with Crippen LogP contribution >= 0.6 is 0 Å². The Balaban J connectivity index is 1.86. The smallest absolute Gasteiger partial charge is 0.255 e. The second-order valence-electron chi connectivity index (χ2n) is 4.67. The number of imidazole rings is 1. The van der Waals surface area contributed by atoms with E-state index in [1.807, 2.05) is 6.07 Å². The van der Waals surface area contributed by atoms with Gasteiger partial charge in [-0.1, -0.05) is 17.3 Å². The van der Waals surface area contributed by atoms with E-state index >= 15 is 0 Å². The number of para-hydroxylation sites is 2. The summed E-state index contributed by atoms with van der Waals surface area (Å²) in [6.45, 7) is 1.29. The number of hydrogen-bond acceptors (Lipinski definition) is 6. The monoisotopic (exact) mass is 299 g/mol. The maximum atomic E-state index is 12.4. The van der Waals surface area contributed by atoms with Gasteiger partial charge < -0.3 is 11.1 Å². The summed E-state index contributed by atoms with van der Waals surface area (Å²) in [5.41, 5.74) is 7.08. The lowest BCUT2D eigenvalue weighted by Gasteiger charge is -2.04. The molecule has 22 heavy (non-hydrogen) atoms. The van der Waals surface area contributed by atoms with Crippen molar-refractivity contribution in [3.63, 3.8) is 0 Å². The lowest BCUT2D eigenvalue weighted by molar-refractivity contribution is -0.114. The van der Waals surface area contributed by atoms with Crippen LogP contribution in [0.15, 0.2) is 30.5 Å². The third-order valence-corrected chi connectivity index (χ3v) is 2.98. The Morgan fingerprint density at radius 3 is 2.86 bits per heavy atom. The van der Waals surface area contributed by atoms with Crippen molar-refractivity contribution in [3.05, 3.63) is 30.5 Å². The van der Waals surface area contributed by atoms with Crippen molar-refractivity contribution in [1.82, 2.24) is 24.5 Å². The summed E-state index contributed by atoms with van der Waals surface area (Å²) >= 11 is 0. The minimum atomic E-state index is -0.300. The van der Waals surface area contributed by atoms with Crippen molar-refractivity contribution in [2.75, 3.05) is 11.1 Å². The number of carbonyl (C=O) groups excluding carboxylic acids is 2. The third-order valence-electron chi connectivity index (χ3n) is 2.98. The molecule has 0 aliphatic rings. The SMILES string of the molecule is CC(=O)Nc1cn(CC(=O)n2c(N)nc3ccccc32)nn1. The molecule has 9 nitrogen and oxygen atoms in total. The molecule has 0 aliphatic carbocycles. The predicted molar refractivity (Wildman–Crippen MR) is 79.1 cm³/mol. The first-order valence-electron chi connectivity index (χ1n) is 6.48. The Morgan fingerprint density at radius 1 is 1.32 bits per heavy atom. The number of fused-ring (bicyclic) bond motifs is 1. The maximum absolute atomic E-state index is 12.4. The van der Waals surface area contributed by atoms with Crippen molar-refractivity contribution < 1.29 is 9.59 Å². The number of nitrogens with zero attached hydrogens (tertiary/aromatic N) is 5. The van der Waals surface area contributed by atoms with Gasteiger partial charge in [0.05, 0.1) is 17.2 Å². The van der Waals surface area contributed by atoms with Gasteiger partial charge in [0.15, 0.2) is 5.82 Å². The number of carbonyl (C=O) groups is 2. The zero-order valence-electron chi connectivity index (χ0n) is 11.7. The molecule has 0 fully saturated rings. The molecule has 1 amide bonds. The molecule has 1 aromatic carbocycles. The van der Waals surface area contributed by atoms with E-state index in [1.165, 1.54) is 22.4 Å². The zero-order chi connectivity index (χ0) is 15.7. The molecule has 0 spiro atoms. The highest BCUT2D eigenvalue weighted by molar-refractivity contribution is 5.93. The van der Waals surface area contributed by atoms with E-state index in [1.54, 1.807) is 18.2 Å². The van der Waals surface area contributed by atoms with E-state index < -0.39 is 0 Å². The Labute approximate surface area is 124 Å². The number of nitrogen functional groups attached to an aromatic ring is 1. The molecule has 9 heteroatoms. The molecule has 0 unspecified atom stereocenters. The van der Waals surface area contributed by atoms with Crippen LogP contribution in [-0.4, -0.2) is 36.4 Å². The van der Waals surface area contributed by atoms with Crippen molar-refractivity contribution in [2.45, 2.75) is 13.5 Å². The number of rotatable bonds is 3. The summed E-state index contributed by atoms with van der Waals surface area (Å²) < 4.78 is 2.65. The second kappa shape index (κ2) is 5.28. The Hall–Kier alpha value is -3.23. The molecule has 0 atom stereocenters. The summed E-state index contributed by atoms with van der Waals surface area (Å²) in [5, 5.41) is 10.0. The Kier molecular flexibility index (Phi) is 3.30. The van der Waals surface area contributed by atoms with E-state index in [0.29, 0.717) is 11.0 Å². The average Bonchev–Trinajstić information content (AvgIpc) is 3.01. The van der Waals surface area contributed by atoms with Gasteiger partial charge in [0.25, 0.3) is 5.91 Å². The Morgan fingerprint density at radius 2 is 2.09 bits per heavy atom. The number of nitrogens with one attached hydrogen (secondary N) is 1. The highest BCUT2D eigenvalue weighted by atomic mass is 16.2. The summed E-state index contributed by atoms with van der Waals surface area (Å²) in [4.78, 5) is 27.5. The average molecular weight is 299 g/mol. The quantitative estimate of drug-likeness (QED) is 0.726. The Bertz CT molecular complexity index is 864. The molecule has 3 aromatic rings. The summed E-state index contributed by atoms with van der Waals surface area (Å²) in [6, 6.07) is 7.17. The first-order chi connectivity index (χ1) is 10.5. The van der Waals surface area contributed by atoms with E-state index in [9.17, 15) is 9.59 Å². The fourth-order valence-electron chi connectivity index (χ4n) is 2.13. The molecule has 0 saturated carbocycles. The van der Waals surface area contributed by atoms with Gasteiger partial charge in [0, 0.05) is 6.92 Å². The fourth-order valence-corrected chi connectivity index (χ4v) is 2.13. The number of hydrogen-bond donors (Lipinski definition) is 2. The first kappa shape index (κ1) is 13.7. The highest BCUT2D eigenvalue weighted by Gasteiger charge is 2.15. The topological polar surface area (TPSA) is 121 Å². The zero-order valence-corrected chi connectivity index (χ0v) is 11.7. The van der Waals surface area contributed by atoms with Gasteiger partial charge in [-0.3, -0.25) is 9.59 Å². The minimum absolute atomic E-state index is 0.0723. The lowest BCUT2D eigenvalue weighted by atomic mass is 10.3. The van der Waals surface area contributed by atoms with Crippen molar-refractivity contribution in [2.24, 2.45) is 0 Å². The van der Waals surface area contributed by atoms with Gasteiger partial charge >= 0.3 is 0 Å². The molecule has 0 saturated heterocycles. The van der Waals surface area contributed by atoms with Crippen LogP contribution in [0.4, 0.5) is 11.8 Å². The second-order valence-corrected chi connectivity index (χ2v) is 4.67. The lowest BCUT2D eigenvalue weighted by Crippen LogP contribution is -2.20. The van der Waals surface area contributed by atoms with Crippen LogP contribution in [0.1, 0.15) is 11.7 Å². The predicted octanol–water partition coefficient (Wildman–Crippen LogP) is 0.509. The molecule has 0 radical (unpaired) electrons. The van der Waals surface area contributed by atoms with Crippen molar-refractivity contribution >= 4 is 34.6 Å². The number of aromatic nitrogens is 5. The number of amides is 1. The minimum Gasteiger partial charge on any atom is -0.369 e. The van der Waals surface area contributed by atoms with Crippen LogP contribution in [0.25, 0.3) is 11.0 Å². The molecular weight excluding hydrogens is 286 g/mol. The van der Waals surface area contributed by atoms with Crippen LogP contribution in [-0.2, 0) is 11.3 Å². The normalized spacial score (nSPS) is 10.8. The van der Waals surface area contributed by atoms with E-state index in [-0.39, 0.29) is 30.1 Å². The number of anilines is 2. The largest absolute Gasteiger partial charge is 0.369 e. The van der Waals surface area contributed by atoms with Gasteiger partial charge in [-0.25, -0.2) is 14.2 Å². The van der Waals surface area contributed by atoms with Crippen molar-refractivity contribution in [1.29, 1.82) is 0 Å². The molecule has 3 rings (SSSR count). The fraction of sp³-hybridized carbons (Fsp3) is 0.154. The van der Waals surface area contributed by atoms with Gasteiger partial charge in [-0.15, -0.1) is 5.10 Å². The van der Waals surface area contributed by atoms with Crippen LogP contribution in [0.5, 0.6) is 0 Å². The van der Waals surface area contributed by atoms with Crippen LogP contribution in [0.2, 0.25) is 0 Å². The summed E-state index contributed by atoms with van der Waals surface area (Å²) in [5.74, 6) is -0.161. The standard InChI is InChI=1S/C13H13N7O2/c1-8(21)15-11-6-19(18-17-11)7-12(22)20-10-5-3-2-4-9(10)16-13(20)14/h2-6H,7H2,1H3,(H2,14,16)(H,15,21). The molecule has 112 valence electrons. The molecule has 3 N–H and O–H groups in total. The van der Waals surface area contributed by atoms with Gasteiger partial charge in [0.1, 0.15) is 6.54 Å². The molecule has 0 aliphatic heterocycles. The summed E-state index contributed by atoms with van der Waals surface area (Å²) in [7, 11) is 0. The van der Waals surface area contributed by atoms with Crippen LogP contribution < -0.4 is 11.1 Å². The first-order valence-corrected chi connectivity index (χ1v) is 6.48. The van der Waals surface area contributed by atoms with Gasteiger partial charge in [-0.2, -0.15) is 0 Å². The molecule has 2 heterocycles. The number of benzene rings is 1. The molecular formula is C13H13N7O2. The van der Waals surface area contributed by atoms with E-state index in [4.69, 9.17) is 5.73 Å². The van der Waals surface area contributed by atoms with E-state index in [0.717, 1.165) is 0 Å². The highest BCUT2D eigenvalue weighted by Crippen LogP contribution is 2.17. The van der Waals surface area contributed by atoms with Gasteiger partial charge in [0.2, 0.25) is 11.9 Å². The summed E-state index contributed by atoms with van der Waals surface area (Å²) in [6.07, 6.45) is 1.47. The van der Waals surface area contributed by atoms with Crippen LogP contribution in [0, 0.1) is 0 Å². The third kappa shape index (κ3) is 2.51. The molecule has 2 aromatic heterocycles. The van der Waals surface area contributed by atoms with E-state index in [2.05, 4.69) is 20.6 Å².